The maximum absolute atomic E-state index is 12.0. The third-order valence-electron chi connectivity index (χ3n) is 3.13. The van der Waals surface area contributed by atoms with Crippen LogP contribution in [0.1, 0.15) is 20.3 Å². The van der Waals surface area contributed by atoms with Gasteiger partial charge in [-0.3, -0.25) is 9.48 Å². The first-order valence-corrected chi connectivity index (χ1v) is 5.69. The summed E-state index contributed by atoms with van der Waals surface area (Å²) in [6.07, 6.45) is 4.43. The Morgan fingerprint density at radius 1 is 1.71 bits per heavy atom. The largest absolute Gasteiger partial charge is 0.323 e. The third kappa shape index (κ3) is 2.98. The molecule has 2 N–H and O–H groups in total. The van der Waals surface area contributed by atoms with Crippen molar-refractivity contribution in [3.05, 3.63) is 12.4 Å². The Morgan fingerprint density at radius 2 is 2.47 bits per heavy atom. The maximum atomic E-state index is 12.0. The minimum atomic E-state index is -0.283. The third-order valence-corrected chi connectivity index (χ3v) is 3.13. The molecule has 1 fully saturated rings. The number of hydrogen-bond donors (Lipinski definition) is 2. The summed E-state index contributed by atoms with van der Waals surface area (Å²) in [5, 5.41) is 10.3. The van der Waals surface area contributed by atoms with Crippen LogP contribution in [-0.4, -0.2) is 28.8 Å². The number of rotatable bonds is 3. The Kier molecular flexibility index (Phi) is 4.54. The van der Waals surface area contributed by atoms with E-state index in [-0.39, 0.29) is 23.7 Å². The molecule has 2 rings (SSSR count). The van der Waals surface area contributed by atoms with Gasteiger partial charge in [-0.2, -0.15) is 5.10 Å². The van der Waals surface area contributed by atoms with Crippen LogP contribution in [0, 0.1) is 5.41 Å². The molecule has 2 heterocycles. The van der Waals surface area contributed by atoms with Crippen molar-refractivity contribution in [2.24, 2.45) is 5.41 Å². The fourth-order valence-electron chi connectivity index (χ4n) is 1.89. The maximum Gasteiger partial charge on any atom is 0.231 e. The number of nitrogens with one attached hydrogen (secondary N) is 2. The van der Waals surface area contributed by atoms with E-state index in [1.807, 2.05) is 20.0 Å². The van der Waals surface area contributed by atoms with Crippen LogP contribution in [0.15, 0.2) is 12.4 Å². The van der Waals surface area contributed by atoms with Crippen molar-refractivity contribution in [3.8, 4) is 0 Å². The second-order valence-electron chi connectivity index (χ2n) is 4.53. The number of amides is 1. The molecule has 96 valence electrons. The van der Waals surface area contributed by atoms with Crippen LogP contribution >= 0.6 is 12.4 Å². The summed E-state index contributed by atoms with van der Waals surface area (Å²) in [5.74, 6) is 0.0770. The smallest absolute Gasteiger partial charge is 0.231 e. The monoisotopic (exact) mass is 258 g/mol. The summed E-state index contributed by atoms with van der Waals surface area (Å²) in [6, 6.07) is 0. The van der Waals surface area contributed by atoms with Gasteiger partial charge in [0, 0.05) is 19.3 Å². The molecule has 1 saturated heterocycles. The van der Waals surface area contributed by atoms with Gasteiger partial charge in [0.05, 0.1) is 17.3 Å². The average Bonchev–Trinajstić information content (AvgIpc) is 2.88. The standard InChI is InChI=1S/C11H18N4O.ClH/c1-3-15-7-9(6-13-15)14-10(16)11(2)4-5-12-8-11;/h6-7,12H,3-5,8H2,1-2H3,(H,14,16);1H. The number of aromatic nitrogens is 2. The van der Waals surface area contributed by atoms with Crippen LogP contribution < -0.4 is 10.6 Å². The number of aryl methyl sites for hydroxylation is 1. The molecule has 6 heteroatoms. The van der Waals surface area contributed by atoms with Crippen molar-refractivity contribution in [2.75, 3.05) is 18.4 Å². The molecule has 0 bridgehead atoms. The Hall–Kier alpha value is -1.07. The number of carbonyl (C=O) groups is 1. The van der Waals surface area contributed by atoms with Gasteiger partial charge in [0.1, 0.15) is 0 Å². The van der Waals surface area contributed by atoms with Crippen LogP contribution in [0.25, 0.3) is 0 Å². The summed E-state index contributed by atoms with van der Waals surface area (Å²) in [7, 11) is 0. The van der Waals surface area contributed by atoms with E-state index in [0.29, 0.717) is 0 Å². The molecule has 0 saturated carbocycles. The van der Waals surface area contributed by atoms with E-state index >= 15 is 0 Å². The molecule has 0 spiro atoms. The Morgan fingerprint density at radius 3 is 3.00 bits per heavy atom. The number of nitrogens with zero attached hydrogens (tertiary/aromatic N) is 2. The van der Waals surface area contributed by atoms with Gasteiger partial charge in [-0.25, -0.2) is 0 Å². The summed E-state index contributed by atoms with van der Waals surface area (Å²) in [6.45, 7) is 6.49. The fourth-order valence-corrected chi connectivity index (χ4v) is 1.89. The van der Waals surface area contributed by atoms with E-state index in [4.69, 9.17) is 0 Å². The second-order valence-corrected chi connectivity index (χ2v) is 4.53. The predicted octanol–water partition coefficient (Wildman–Crippen LogP) is 1.26. The summed E-state index contributed by atoms with van der Waals surface area (Å²) in [5.41, 5.74) is 0.494. The molecule has 1 aliphatic heterocycles. The lowest BCUT2D eigenvalue weighted by molar-refractivity contribution is -0.123. The van der Waals surface area contributed by atoms with Gasteiger partial charge in [-0.05, 0) is 26.8 Å². The molecule has 0 aromatic carbocycles. The van der Waals surface area contributed by atoms with E-state index in [0.717, 1.165) is 31.7 Å². The van der Waals surface area contributed by atoms with Crippen LogP contribution in [0.2, 0.25) is 0 Å². The normalized spacial score (nSPS) is 23.2. The van der Waals surface area contributed by atoms with E-state index < -0.39 is 0 Å². The molecule has 1 aromatic heterocycles. The zero-order valence-corrected chi connectivity index (χ0v) is 11.0. The van der Waals surface area contributed by atoms with Crippen molar-refractivity contribution < 1.29 is 4.79 Å². The predicted molar refractivity (Wildman–Crippen MR) is 69.4 cm³/mol. The summed E-state index contributed by atoms with van der Waals surface area (Å²) >= 11 is 0. The van der Waals surface area contributed by atoms with Gasteiger partial charge < -0.3 is 10.6 Å². The molecule has 1 unspecified atom stereocenters. The van der Waals surface area contributed by atoms with E-state index in [2.05, 4.69) is 15.7 Å². The molecule has 1 aromatic rings. The molecule has 0 aliphatic carbocycles. The highest BCUT2D eigenvalue weighted by Gasteiger charge is 2.36. The fraction of sp³-hybridized carbons (Fsp3) is 0.636. The first kappa shape index (κ1) is 14.0. The zero-order chi connectivity index (χ0) is 11.6. The Labute approximate surface area is 107 Å². The van der Waals surface area contributed by atoms with Gasteiger partial charge >= 0.3 is 0 Å². The minimum absolute atomic E-state index is 0. The van der Waals surface area contributed by atoms with Crippen molar-refractivity contribution >= 4 is 24.0 Å². The topological polar surface area (TPSA) is 59.0 Å². The summed E-state index contributed by atoms with van der Waals surface area (Å²) < 4.78 is 1.80. The van der Waals surface area contributed by atoms with Gasteiger partial charge in [0.25, 0.3) is 0 Å². The molecule has 17 heavy (non-hydrogen) atoms. The number of hydrogen-bond acceptors (Lipinski definition) is 3. The quantitative estimate of drug-likeness (QED) is 0.858. The van der Waals surface area contributed by atoms with Gasteiger partial charge in [0.2, 0.25) is 5.91 Å². The van der Waals surface area contributed by atoms with E-state index in [1.165, 1.54) is 0 Å². The zero-order valence-electron chi connectivity index (χ0n) is 10.2. The molecule has 1 amide bonds. The van der Waals surface area contributed by atoms with Crippen molar-refractivity contribution in [2.45, 2.75) is 26.8 Å². The Balaban J connectivity index is 0.00000144. The summed E-state index contributed by atoms with van der Waals surface area (Å²) in [4.78, 5) is 12.0. The molecular weight excluding hydrogens is 240 g/mol. The highest BCUT2D eigenvalue weighted by Crippen LogP contribution is 2.26. The first-order valence-electron chi connectivity index (χ1n) is 5.69. The lowest BCUT2D eigenvalue weighted by Crippen LogP contribution is -2.35. The number of halogens is 1. The van der Waals surface area contributed by atoms with Gasteiger partial charge in [-0.15, -0.1) is 12.4 Å². The van der Waals surface area contributed by atoms with Crippen LogP contribution in [-0.2, 0) is 11.3 Å². The highest BCUT2D eigenvalue weighted by atomic mass is 35.5. The van der Waals surface area contributed by atoms with Crippen LogP contribution in [0.4, 0.5) is 5.69 Å². The van der Waals surface area contributed by atoms with Crippen molar-refractivity contribution in [1.29, 1.82) is 0 Å². The first-order chi connectivity index (χ1) is 7.64. The van der Waals surface area contributed by atoms with E-state index in [9.17, 15) is 4.79 Å². The molecule has 1 atom stereocenters. The lowest BCUT2D eigenvalue weighted by Gasteiger charge is -2.20. The van der Waals surface area contributed by atoms with Crippen LogP contribution in [0.3, 0.4) is 0 Å². The average molecular weight is 259 g/mol. The molecular formula is C11H19ClN4O. The molecule has 5 nitrogen and oxygen atoms in total. The molecule has 0 radical (unpaired) electrons. The second kappa shape index (κ2) is 5.51. The number of carbonyl (C=O) groups excluding carboxylic acids is 1. The molecule has 1 aliphatic rings. The lowest BCUT2D eigenvalue weighted by atomic mass is 9.89. The Bertz CT molecular complexity index is 385. The van der Waals surface area contributed by atoms with E-state index in [1.54, 1.807) is 10.9 Å². The van der Waals surface area contributed by atoms with Gasteiger partial charge in [-0.1, -0.05) is 0 Å². The van der Waals surface area contributed by atoms with Crippen molar-refractivity contribution in [3.63, 3.8) is 0 Å². The number of anilines is 1. The van der Waals surface area contributed by atoms with Gasteiger partial charge in [0.15, 0.2) is 0 Å². The van der Waals surface area contributed by atoms with Crippen LogP contribution in [0.5, 0.6) is 0 Å². The minimum Gasteiger partial charge on any atom is -0.323 e. The SMILES string of the molecule is CCn1cc(NC(=O)C2(C)CCNC2)cn1.Cl. The van der Waals surface area contributed by atoms with Crippen molar-refractivity contribution in [1.82, 2.24) is 15.1 Å². The highest BCUT2D eigenvalue weighted by molar-refractivity contribution is 5.95.